The Morgan fingerprint density at radius 2 is 1.74 bits per heavy atom. The summed E-state index contributed by atoms with van der Waals surface area (Å²) >= 11 is 0. The van der Waals surface area contributed by atoms with E-state index in [2.05, 4.69) is 16.3 Å². The Labute approximate surface area is 111 Å². The molecule has 0 N–H and O–H groups in total. The molecule has 0 saturated heterocycles. The van der Waals surface area contributed by atoms with Crippen LogP contribution in [0.15, 0.2) is 34.5 Å². The molecule has 1 atom stereocenters. The lowest BCUT2D eigenvalue weighted by atomic mass is 9.77. The van der Waals surface area contributed by atoms with Gasteiger partial charge in [-0.2, -0.15) is 15.5 Å². The lowest BCUT2D eigenvalue weighted by molar-refractivity contribution is -0.384. The topological polar surface area (TPSA) is 91.7 Å². The molecule has 0 heterocycles. The van der Waals surface area contributed by atoms with Crippen molar-refractivity contribution in [3.8, 4) is 6.07 Å². The minimum absolute atomic E-state index is 0.00202. The summed E-state index contributed by atoms with van der Waals surface area (Å²) in [4.78, 5) is 10.0. The fourth-order valence-electron chi connectivity index (χ4n) is 1.14. The first kappa shape index (κ1) is 14.8. The number of azo groups is 1. The normalized spacial score (nSPS) is 14.9. The predicted octanol–water partition coefficient (Wildman–Crippen LogP) is 4.01. The number of benzene rings is 1. The fraction of sp³-hybridized carbons (Fsp3) is 0.462. The molecule has 0 aromatic heterocycles. The Morgan fingerprint density at radius 3 is 2.11 bits per heavy atom. The van der Waals surface area contributed by atoms with E-state index in [4.69, 9.17) is 0 Å². The van der Waals surface area contributed by atoms with Crippen molar-refractivity contribution in [1.82, 2.24) is 0 Å². The second-order valence-electron chi connectivity index (χ2n) is 5.41. The smallest absolute Gasteiger partial charge is 0.258 e. The van der Waals surface area contributed by atoms with Crippen LogP contribution in [0.4, 0.5) is 11.4 Å². The summed E-state index contributed by atoms with van der Waals surface area (Å²) in [7, 11) is 0. The highest BCUT2D eigenvalue weighted by Gasteiger charge is 2.38. The van der Waals surface area contributed by atoms with Crippen molar-refractivity contribution < 1.29 is 4.92 Å². The summed E-state index contributed by atoms with van der Waals surface area (Å²) in [5.74, 6) is 0. The Kier molecular flexibility index (Phi) is 4.00. The standard InChI is InChI=1S/C13H16N4O2/c1-12(2,3)13(4,9-14)16-15-10-5-7-11(8-6-10)17(18)19/h5-8H,1-4H3. The van der Waals surface area contributed by atoms with E-state index >= 15 is 0 Å². The first-order chi connectivity index (χ1) is 8.69. The summed E-state index contributed by atoms with van der Waals surface area (Å²) in [5.41, 5.74) is -0.824. The van der Waals surface area contributed by atoms with Crippen LogP contribution < -0.4 is 0 Å². The van der Waals surface area contributed by atoms with Crippen LogP contribution in [0.2, 0.25) is 0 Å². The summed E-state index contributed by atoms with van der Waals surface area (Å²) in [5, 5.41) is 27.8. The van der Waals surface area contributed by atoms with Crippen LogP contribution in [0, 0.1) is 26.9 Å². The van der Waals surface area contributed by atoms with Gasteiger partial charge in [0, 0.05) is 17.5 Å². The molecule has 100 valence electrons. The van der Waals surface area contributed by atoms with Gasteiger partial charge in [0.05, 0.1) is 16.7 Å². The van der Waals surface area contributed by atoms with Crippen LogP contribution in [0.25, 0.3) is 0 Å². The molecular weight excluding hydrogens is 244 g/mol. The summed E-state index contributed by atoms with van der Waals surface area (Å²) < 4.78 is 0. The van der Waals surface area contributed by atoms with E-state index in [0.717, 1.165) is 0 Å². The monoisotopic (exact) mass is 260 g/mol. The van der Waals surface area contributed by atoms with Gasteiger partial charge in [-0.3, -0.25) is 10.1 Å². The second-order valence-corrected chi connectivity index (χ2v) is 5.41. The zero-order chi connectivity index (χ0) is 14.7. The largest absolute Gasteiger partial charge is 0.269 e. The number of nitriles is 1. The van der Waals surface area contributed by atoms with Crippen molar-refractivity contribution in [2.75, 3.05) is 0 Å². The Balaban J connectivity index is 2.99. The molecule has 0 aliphatic heterocycles. The molecule has 19 heavy (non-hydrogen) atoms. The molecule has 0 radical (unpaired) electrons. The first-order valence-electron chi connectivity index (χ1n) is 5.78. The van der Waals surface area contributed by atoms with Crippen molar-refractivity contribution in [1.29, 1.82) is 5.26 Å². The number of rotatable bonds is 3. The number of hydrogen-bond acceptors (Lipinski definition) is 5. The summed E-state index contributed by atoms with van der Waals surface area (Å²) in [6.45, 7) is 7.43. The van der Waals surface area contributed by atoms with E-state index in [-0.39, 0.29) is 11.1 Å². The van der Waals surface area contributed by atoms with Crippen molar-refractivity contribution in [3.63, 3.8) is 0 Å². The third kappa shape index (κ3) is 3.35. The van der Waals surface area contributed by atoms with E-state index in [0.29, 0.717) is 5.69 Å². The van der Waals surface area contributed by atoms with Crippen LogP contribution in [0.3, 0.4) is 0 Å². The molecule has 0 spiro atoms. The van der Waals surface area contributed by atoms with Crippen LogP contribution in [0.5, 0.6) is 0 Å². The Hall–Kier alpha value is -2.29. The SMILES string of the molecule is CC(C)(C)C(C)(C#N)N=Nc1ccc([N+](=O)[O-])cc1. The van der Waals surface area contributed by atoms with Crippen LogP contribution in [0.1, 0.15) is 27.7 Å². The maximum absolute atomic E-state index is 10.5. The molecule has 0 bridgehead atoms. The van der Waals surface area contributed by atoms with Gasteiger partial charge in [-0.05, 0) is 19.1 Å². The Morgan fingerprint density at radius 1 is 1.21 bits per heavy atom. The molecule has 0 fully saturated rings. The van der Waals surface area contributed by atoms with E-state index in [9.17, 15) is 15.4 Å². The molecule has 0 saturated carbocycles. The highest BCUT2D eigenvalue weighted by atomic mass is 16.6. The number of nitro benzene ring substituents is 1. The van der Waals surface area contributed by atoms with Crippen LogP contribution in [-0.2, 0) is 0 Å². The number of nitro groups is 1. The molecule has 1 rings (SSSR count). The minimum atomic E-state index is -0.950. The fourth-order valence-corrected chi connectivity index (χ4v) is 1.14. The van der Waals surface area contributed by atoms with Gasteiger partial charge in [0.15, 0.2) is 5.54 Å². The predicted molar refractivity (Wildman–Crippen MR) is 71.1 cm³/mol. The van der Waals surface area contributed by atoms with E-state index in [1.165, 1.54) is 24.3 Å². The first-order valence-corrected chi connectivity index (χ1v) is 5.78. The number of nitrogens with zero attached hydrogens (tertiary/aromatic N) is 4. The van der Waals surface area contributed by atoms with Crippen molar-refractivity contribution in [3.05, 3.63) is 34.4 Å². The molecule has 6 heteroatoms. The molecular formula is C13H16N4O2. The third-order valence-electron chi connectivity index (χ3n) is 3.10. The maximum Gasteiger partial charge on any atom is 0.269 e. The zero-order valence-electron chi connectivity index (χ0n) is 11.4. The molecule has 0 aliphatic rings. The Bertz CT molecular complexity index is 537. The molecule has 1 aromatic rings. The van der Waals surface area contributed by atoms with Gasteiger partial charge >= 0.3 is 0 Å². The summed E-state index contributed by atoms with van der Waals surface area (Å²) in [6, 6.07) is 7.87. The molecule has 6 nitrogen and oxygen atoms in total. The van der Waals surface area contributed by atoms with Crippen LogP contribution in [-0.4, -0.2) is 10.5 Å². The molecule has 1 unspecified atom stereocenters. The summed E-state index contributed by atoms with van der Waals surface area (Å²) in [6.07, 6.45) is 0. The van der Waals surface area contributed by atoms with Gasteiger partial charge in [-0.1, -0.05) is 20.8 Å². The third-order valence-corrected chi connectivity index (χ3v) is 3.10. The van der Waals surface area contributed by atoms with Gasteiger partial charge in [-0.25, -0.2) is 0 Å². The average molecular weight is 260 g/mol. The molecule has 1 aromatic carbocycles. The van der Waals surface area contributed by atoms with E-state index in [1.807, 2.05) is 20.8 Å². The highest BCUT2D eigenvalue weighted by Crippen LogP contribution is 2.34. The van der Waals surface area contributed by atoms with Gasteiger partial charge < -0.3 is 0 Å². The molecule has 0 amide bonds. The van der Waals surface area contributed by atoms with Crippen LogP contribution >= 0.6 is 0 Å². The quantitative estimate of drug-likeness (QED) is 0.467. The maximum atomic E-state index is 10.5. The molecule has 0 aliphatic carbocycles. The number of hydrogen-bond donors (Lipinski definition) is 0. The van der Waals surface area contributed by atoms with Gasteiger partial charge in [0.25, 0.3) is 5.69 Å². The lowest BCUT2D eigenvalue weighted by Crippen LogP contribution is -2.35. The minimum Gasteiger partial charge on any atom is -0.258 e. The van der Waals surface area contributed by atoms with Crippen molar-refractivity contribution >= 4 is 11.4 Å². The van der Waals surface area contributed by atoms with E-state index < -0.39 is 10.5 Å². The van der Waals surface area contributed by atoms with Gasteiger partial charge in [-0.15, -0.1) is 0 Å². The van der Waals surface area contributed by atoms with Crippen molar-refractivity contribution in [2.24, 2.45) is 15.6 Å². The number of non-ortho nitro benzene ring substituents is 1. The average Bonchev–Trinajstić information content (AvgIpc) is 2.35. The van der Waals surface area contributed by atoms with Gasteiger partial charge in [0.1, 0.15) is 0 Å². The highest BCUT2D eigenvalue weighted by molar-refractivity contribution is 5.43. The van der Waals surface area contributed by atoms with E-state index in [1.54, 1.807) is 6.92 Å². The lowest BCUT2D eigenvalue weighted by Gasteiger charge is -2.30. The zero-order valence-corrected chi connectivity index (χ0v) is 11.4. The van der Waals surface area contributed by atoms with Gasteiger partial charge in [0.2, 0.25) is 0 Å². The van der Waals surface area contributed by atoms with Crippen molar-refractivity contribution in [2.45, 2.75) is 33.2 Å². The second kappa shape index (κ2) is 5.14.